The number of anilines is 2. The van der Waals surface area contributed by atoms with Crippen LogP contribution in [-0.2, 0) is 0 Å². The molecule has 0 spiro atoms. The molecule has 0 bridgehead atoms. The Balaban J connectivity index is 1.15. The molecule has 0 saturated carbocycles. The highest BCUT2D eigenvalue weighted by Gasteiger charge is 2.26. The van der Waals surface area contributed by atoms with E-state index in [0.717, 1.165) is 12.6 Å². The van der Waals surface area contributed by atoms with Crippen LogP contribution in [0.25, 0.3) is 0 Å². The minimum Gasteiger partial charge on any atom is -0.340 e. The Hall–Kier alpha value is -1.49. The van der Waals surface area contributed by atoms with Crippen molar-refractivity contribution in [1.82, 2.24) is 9.80 Å². The zero-order valence-corrected chi connectivity index (χ0v) is 19.2. The number of para-hydroxylation sites is 1. The summed E-state index contributed by atoms with van der Waals surface area (Å²) in [6.07, 6.45) is 8.13. The van der Waals surface area contributed by atoms with Gasteiger partial charge in [-0.2, -0.15) is 0 Å². The first kappa shape index (κ1) is 20.4. The highest BCUT2D eigenvalue weighted by molar-refractivity contribution is 7.99. The average Bonchev–Trinajstić information content (AvgIpc) is 3.32. The molecule has 2 fully saturated rings. The smallest absolute Gasteiger partial charge is 0.0555 e. The number of aryl methyl sites for hydroxylation is 1. The number of rotatable bonds is 6. The van der Waals surface area contributed by atoms with Gasteiger partial charge in [-0.1, -0.05) is 30.0 Å². The number of fused-ring (bicyclic) bond motifs is 2. The zero-order valence-electron chi connectivity index (χ0n) is 18.4. The molecule has 4 heteroatoms. The van der Waals surface area contributed by atoms with Gasteiger partial charge in [0.25, 0.3) is 0 Å². The number of benzene rings is 2. The first-order chi connectivity index (χ1) is 14.8. The van der Waals surface area contributed by atoms with E-state index in [1.54, 1.807) is 0 Å². The normalized spacial score (nSPS) is 20.4. The van der Waals surface area contributed by atoms with Crippen LogP contribution < -0.4 is 4.90 Å². The van der Waals surface area contributed by atoms with Crippen LogP contribution in [-0.4, -0.2) is 55.1 Å². The number of unbranched alkanes of at least 4 members (excludes halogenated alkanes) is 1. The van der Waals surface area contributed by atoms with Crippen molar-refractivity contribution in [3.63, 3.8) is 0 Å². The number of hydrogen-bond acceptors (Lipinski definition) is 4. The molecule has 2 aromatic carbocycles. The maximum atomic E-state index is 2.75. The summed E-state index contributed by atoms with van der Waals surface area (Å²) in [5.74, 6) is 0. The topological polar surface area (TPSA) is 9.72 Å². The quantitative estimate of drug-likeness (QED) is 0.534. The number of nitrogens with zero attached hydrogens (tertiary/aromatic N) is 3. The molecule has 2 aromatic rings. The lowest BCUT2D eigenvalue weighted by Crippen LogP contribution is -2.44. The molecular formula is C26H35N3S. The van der Waals surface area contributed by atoms with Crippen molar-refractivity contribution in [2.45, 2.75) is 61.3 Å². The monoisotopic (exact) mass is 421 g/mol. The SMILES string of the molecule is Cc1ccc2c(c1)N(CCCCN1CCC(N3CCCC3)CC1)c1ccccc1S2. The van der Waals surface area contributed by atoms with Gasteiger partial charge in [-0.05, 0) is 108 Å². The molecule has 160 valence electrons. The highest BCUT2D eigenvalue weighted by Crippen LogP contribution is 2.48. The fourth-order valence-electron chi connectivity index (χ4n) is 5.40. The fraction of sp³-hybridized carbons (Fsp3) is 0.538. The molecule has 30 heavy (non-hydrogen) atoms. The van der Waals surface area contributed by atoms with E-state index >= 15 is 0 Å². The lowest BCUT2D eigenvalue weighted by molar-refractivity contribution is 0.126. The van der Waals surface area contributed by atoms with Crippen molar-refractivity contribution in [3.05, 3.63) is 48.0 Å². The van der Waals surface area contributed by atoms with E-state index in [2.05, 4.69) is 64.1 Å². The Morgan fingerprint density at radius 2 is 1.57 bits per heavy atom. The van der Waals surface area contributed by atoms with Crippen LogP contribution in [0.15, 0.2) is 52.3 Å². The van der Waals surface area contributed by atoms with E-state index < -0.39 is 0 Å². The molecule has 0 N–H and O–H groups in total. The first-order valence-electron chi connectivity index (χ1n) is 11.9. The van der Waals surface area contributed by atoms with Gasteiger partial charge in [-0.3, -0.25) is 0 Å². The van der Waals surface area contributed by atoms with Gasteiger partial charge in [0.05, 0.1) is 11.4 Å². The van der Waals surface area contributed by atoms with Gasteiger partial charge in [0, 0.05) is 22.4 Å². The maximum absolute atomic E-state index is 2.75. The summed E-state index contributed by atoms with van der Waals surface area (Å²) < 4.78 is 0. The van der Waals surface area contributed by atoms with E-state index in [9.17, 15) is 0 Å². The van der Waals surface area contributed by atoms with E-state index in [0.29, 0.717) is 0 Å². The van der Waals surface area contributed by atoms with Crippen LogP contribution in [0.2, 0.25) is 0 Å². The molecule has 0 aromatic heterocycles. The molecule has 5 rings (SSSR count). The van der Waals surface area contributed by atoms with Crippen molar-refractivity contribution in [2.24, 2.45) is 0 Å². The number of likely N-dealkylation sites (tertiary alicyclic amines) is 2. The molecular weight excluding hydrogens is 386 g/mol. The molecule has 3 nitrogen and oxygen atoms in total. The van der Waals surface area contributed by atoms with Crippen molar-refractivity contribution >= 4 is 23.1 Å². The van der Waals surface area contributed by atoms with Crippen molar-refractivity contribution in [1.29, 1.82) is 0 Å². The van der Waals surface area contributed by atoms with E-state index in [-0.39, 0.29) is 0 Å². The predicted molar refractivity (Wildman–Crippen MR) is 128 cm³/mol. The summed E-state index contributed by atoms with van der Waals surface area (Å²) in [6, 6.07) is 16.7. The van der Waals surface area contributed by atoms with Crippen molar-refractivity contribution < 1.29 is 0 Å². The summed E-state index contributed by atoms with van der Waals surface area (Å²) in [5, 5.41) is 0. The molecule has 3 aliphatic heterocycles. The molecule has 0 unspecified atom stereocenters. The van der Waals surface area contributed by atoms with Crippen LogP contribution in [0.3, 0.4) is 0 Å². The fourth-order valence-corrected chi connectivity index (χ4v) is 6.48. The third-order valence-corrected chi connectivity index (χ3v) is 8.23. The lowest BCUT2D eigenvalue weighted by Gasteiger charge is -2.37. The third-order valence-electron chi connectivity index (χ3n) is 7.10. The Labute approximate surface area is 186 Å². The summed E-state index contributed by atoms with van der Waals surface area (Å²) >= 11 is 1.91. The Kier molecular flexibility index (Phi) is 6.35. The predicted octanol–water partition coefficient (Wildman–Crippen LogP) is 5.94. The van der Waals surface area contributed by atoms with Crippen LogP contribution in [0.1, 0.15) is 44.1 Å². The van der Waals surface area contributed by atoms with Gasteiger partial charge >= 0.3 is 0 Å². The standard InChI is InChI=1S/C26H35N3S/c1-21-10-11-26-24(20-21)29(23-8-2-3-9-25(23)30-26)17-7-4-14-27-18-12-22(13-19-27)28-15-5-6-16-28/h2-3,8-11,20,22H,4-7,12-19H2,1H3. The third kappa shape index (κ3) is 4.42. The summed E-state index contributed by atoms with van der Waals surface area (Å²) in [4.78, 5) is 10.8. The van der Waals surface area contributed by atoms with Gasteiger partial charge in [0.2, 0.25) is 0 Å². The van der Waals surface area contributed by atoms with E-state index in [4.69, 9.17) is 0 Å². The Morgan fingerprint density at radius 1 is 0.833 bits per heavy atom. The second kappa shape index (κ2) is 9.33. The van der Waals surface area contributed by atoms with Gasteiger partial charge in [-0.15, -0.1) is 0 Å². The molecule has 3 heterocycles. The van der Waals surface area contributed by atoms with E-state index in [1.807, 2.05) is 11.8 Å². The molecule has 2 saturated heterocycles. The lowest BCUT2D eigenvalue weighted by atomic mass is 10.0. The highest BCUT2D eigenvalue weighted by atomic mass is 32.2. The molecule has 0 aliphatic carbocycles. The van der Waals surface area contributed by atoms with E-state index in [1.165, 1.54) is 98.0 Å². The molecule has 3 aliphatic rings. The molecule has 0 radical (unpaired) electrons. The first-order valence-corrected chi connectivity index (χ1v) is 12.7. The maximum Gasteiger partial charge on any atom is 0.0555 e. The van der Waals surface area contributed by atoms with Gasteiger partial charge in [-0.25, -0.2) is 0 Å². The van der Waals surface area contributed by atoms with Gasteiger partial charge in [0.15, 0.2) is 0 Å². The minimum absolute atomic E-state index is 0.867. The van der Waals surface area contributed by atoms with Crippen LogP contribution in [0.5, 0.6) is 0 Å². The van der Waals surface area contributed by atoms with Gasteiger partial charge < -0.3 is 14.7 Å². The van der Waals surface area contributed by atoms with Crippen LogP contribution in [0.4, 0.5) is 11.4 Å². The number of piperidine rings is 1. The van der Waals surface area contributed by atoms with Crippen molar-refractivity contribution in [2.75, 3.05) is 44.2 Å². The second-order valence-electron chi connectivity index (χ2n) is 9.22. The van der Waals surface area contributed by atoms with Crippen LogP contribution >= 0.6 is 11.8 Å². The summed E-state index contributed by atoms with van der Waals surface area (Å²) in [6.45, 7) is 9.87. The zero-order chi connectivity index (χ0) is 20.3. The summed E-state index contributed by atoms with van der Waals surface area (Å²) in [5.41, 5.74) is 4.12. The number of hydrogen-bond donors (Lipinski definition) is 0. The Bertz CT molecular complexity index is 853. The van der Waals surface area contributed by atoms with Crippen molar-refractivity contribution in [3.8, 4) is 0 Å². The minimum atomic E-state index is 0.867. The van der Waals surface area contributed by atoms with Gasteiger partial charge in [0.1, 0.15) is 0 Å². The largest absolute Gasteiger partial charge is 0.340 e. The molecule has 0 amide bonds. The Morgan fingerprint density at radius 3 is 2.40 bits per heavy atom. The molecule has 0 atom stereocenters. The van der Waals surface area contributed by atoms with Crippen LogP contribution in [0, 0.1) is 6.92 Å². The average molecular weight is 422 g/mol. The summed E-state index contributed by atoms with van der Waals surface area (Å²) in [7, 11) is 0. The second-order valence-corrected chi connectivity index (χ2v) is 10.3.